The van der Waals surface area contributed by atoms with Crippen LogP contribution in [-0.2, 0) is 4.79 Å². The number of carbonyl (C=O) groups excluding carboxylic acids is 1. The van der Waals surface area contributed by atoms with Gasteiger partial charge in [-0.2, -0.15) is 5.26 Å². The van der Waals surface area contributed by atoms with Crippen LogP contribution in [0.4, 0.5) is 0 Å². The Labute approximate surface area is 145 Å². The topological polar surface area (TPSA) is 73.1 Å². The Morgan fingerprint density at radius 1 is 1.50 bits per heavy atom. The Balaban J connectivity index is 3.07. The van der Waals surface area contributed by atoms with E-state index in [9.17, 15) is 9.90 Å². The molecule has 0 aliphatic heterocycles. The predicted octanol–water partition coefficient (Wildman–Crippen LogP) is 3.42. The van der Waals surface area contributed by atoms with E-state index in [1.807, 2.05) is 65.1 Å². The molecule has 0 spiro atoms. The first kappa shape index (κ1) is 17.2. The molecule has 0 fully saturated rings. The molecule has 6 heteroatoms. The van der Waals surface area contributed by atoms with Crippen LogP contribution in [0.15, 0.2) is 17.7 Å². The molecule has 2 N–H and O–H groups in total. The van der Waals surface area contributed by atoms with Crippen LogP contribution in [0.3, 0.4) is 0 Å². The van der Waals surface area contributed by atoms with Gasteiger partial charge in [-0.1, -0.05) is 6.92 Å². The van der Waals surface area contributed by atoms with E-state index in [4.69, 9.17) is 5.26 Å². The third kappa shape index (κ3) is 4.63. The summed E-state index contributed by atoms with van der Waals surface area (Å²) in [6.45, 7) is 3.85. The first-order valence-electron chi connectivity index (χ1n) is 5.99. The number of rotatable bonds is 4. The maximum Gasteiger partial charge on any atom is 0.262 e. The van der Waals surface area contributed by atoms with E-state index in [1.54, 1.807) is 12.1 Å². The van der Waals surface area contributed by atoms with Crippen LogP contribution in [-0.4, -0.2) is 17.1 Å². The van der Waals surface area contributed by atoms with Crippen molar-refractivity contribution in [1.82, 2.24) is 5.32 Å². The Hall–Kier alpha value is -0.820. The number of hydrogen-bond donors (Lipinski definition) is 2. The predicted molar refractivity (Wildman–Crippen MR) is 95.0 cm³/mol. The molecule has 1 rings (SSSR count). The molecular formula is C14H14I2N2O2. The minimum atomic E-state index is -0.375. The van der Waals surface area contributed by atoms with Gasteiger partial charge in [0.05, 0.1) is 7.14 Å². The van der Waals surface area contributed by atoms with E-state index in [1.165, 1.54) is 6.08 Å². The number of amides is 1. The third-order valence-electron chi connectivity index (χ3n) is 2.71. The van der Waals surface area contributed by atoms with Crippen molar-refractivity contribution in [2.45, 2.75) is 26.3 Å². The zero-order valence-electron chi connectivity index (χ0n) is 11.1. The van der Waals surface area contributed by atoms with Crippen LogP contribution >= 0.6 is 45.2 Å². The molecule has 0 saturated carbocycles. The van der Waals surface area contributed by atoms with E-state index in [-0.39, 0.29) is 23.3 Å². The fraction of sp³-hybridized carbons (Fsp3) is 0.286. The lowest BCUT2D eigenvalue weighted by atomic mass is 10.1. The Morgan fingerprint density at radius 3 is 2.50 bits per heavy atom. The van der Waals surface area contributed by atoms with E-state index < -0.39 is 0 Å². The number of carbonyl (C=O) groups is 1. The van der Waals surface area contributed by atoms with Crippen molar-refractivity contribution < 1.29 is 9.90 Å². The molecule has 20 heavy (non-hydrogen) atoms. The summed E-state index contributed by atoms with van der Waals surface area (Å²) in [5, 5.41) is 21.6. The Bertz CT molecular complexity index is 568. The molecule has 1 atom stereocenters. The van der Waals surface area contributed by atoms with Crippen molar-refractivity contribution >= 4 is 57.2 Å². The molecular weight excluding hydrogens is 482 g/mol. The molecule has 1 aromatic rings. The molecule has 0 aliphatic carbocycles. The summed E-state index contributed by atoms with van der Waals surface area (Å²) in [6, 6.07) is 5.40. The van der Waals surface area contributed by atoms with Crippen LogP contribution in [0.2, 0.25) is 0 Å². The number of nitrogens with zero attached hydrogens (tertiary/aromatic N) is 1. The van der Waals surface area contributed by atoms with Gasteiger partial charge in [0, 0.05) is 6.04 Å². The second-order valence-corrected chi connectivity index (χ2v) is 6.61. The third-order valence-corrected chi connectivity index (χ3v) is 4.35. The zero-order valence-corrected chi connectivity index (χ0v) is 15.4. The highest BCUT2D eigenvalue weighted by Gasteiger charge is 2.12. The summed E-state index contributed by atoms with van der Waals surface area (Å²) >= 11 is 4.02. The number of benzene rings is 1. The molecule has 0 aromatic heterocycles. The van der Waals surface area contributed by atoms with Crippen molar-refractivity contribution in [2.24, 2.45) is 0 Å². The van der Waals surface area contributed by atoms with E-state index in [2.05, 4.69) is 5.32 Å². The SMILES string of the molecule is CC[C@H](C)NC(=O)/C(C#N)=C/c1cc(I)c(O)c(I)c1. The Morgan fingerprint density at radius 2 is 2.05 bits per heavy atom. The second-order valence-electron chi connectivity index (χ2n) is 4.29. The van der Waals surface area contributed by atoms with Crippen molar-refractivity contribution in [2.75, 3.05) is 0 Å². The normalized spacial score (nSPS) is 12.7. The Kier molecular flexibility index (Phi) is 6.75. The summed E-state index contributed by atoms with van der Waals surface area (Å²) in [6.07, 6.45) is 2.33. The van der Waals surface area contributed by atoms with Crippen molar-refractivity contribution in [1.29, 1.82) is 5.26 Å². The van der Waals surface area contributed by atoms with Gasteiger partial charge in [0.25, 0.3) is 5.91 Å². The number of phenolic OH excluding ortho intramolecular Hbond substituents is 1. The van der Waals surface area contributed by atoms with E-state index in [0.717, 1.165) is 6.42 Å². The highest BCUT2D eigenvalue weighted by Crippen LogP contribution is 2.28. The summed E-state index contributed by atoms with van der Waals surface area (Å²) < 4.78 is 1.36. The smallest absolute Gasteiger partial charge is 0.262 e. The molecule has 0 bridgehead atoms. The maximum atomic E-state index is 11.9. The highest BCUT2D eigenvalue weighted by atomic mass is 127. The molecule has 0 aliphatic rings. The minimum Gasteiger partial charge on any atom is -0.506 e. The maximum absolute atomic E-state index is 11.9. The van der Waals surface area contributed by atoms with Crippen LogP contribution in [0, 0.1) is 18.5 Å². The lowest BCUT2D eigenvalue weighted by Gasteiger charge is -2.10. The molecule has 106 valence electrons. The lowest BCUT2D eigenvalue weighted by molar-refractivity contribution is -0.117. The van der Waals surface area contributed by atoms with Gasteiger partial charge in [-0.15, -0.1) is 0 Å². The second kappa shape index (κ2) is 7.83. The summed E-state index contributed by atoms with van der Waals surface area (Å²) in [7, 11) is 0. The number of hydrogen-bond acceptors (Lipinski definition) is 3. The largest absolute Gasteiger partial charge is 0.506 e. The first-order chi connectivity index (χ1) is 9.38. The van der Waals surface area contributed by atoms with Gasteiger partial charge in [-0.05, 0) is 82.3 Å². The minimum absolute atomic E-state index is 0.0272. The van der Waals surface area contributed by atoms with Crippen LogP contribution in [0.5, 0.6) is 5.75 Å². The average molecular weight is 496 g/mol. The molecule has 0 heterocycles. The van der Waals surface area contributed by atoms with E-state index in [0.29, 0.717) is 12.7 Å². The number of halogens is 2. The first-order valence-corrected chi connectivity index (χ1v) is 8.15. The van der Waals surface area contributed by atoms with E-state index >= 15 is 0 Å². The summed E-state index contributed by atoms with van der Waals surface area (Å²) in [4.78, 5) is 11.9. The number of nitrogens with one attached hydrogen (secondary N) is 1. The van der Waals surface area contributed by atoms with Crippen LogP contribution < -0.4 is 5.32 Å². The van der Waals surface area contributed by atoms with Gasteiger partial charge in [-0.3, -0.25) is 4.79 Å². The molecule has 0 radical (unpaired) electrons. The number of aromatic hydroxyl groups is 1. The summed E-state index contributed by atoms with van der Waals surface area (Å²) in [5.74, 6) is -0.161. The number of nitriles is 1. The lowest BCUT2D eigenvalue weighted by Crippen LogP contribution is -2.32. The van der Waals surface area contributed by atoms with Crippen molar-refractivity contribution in [3.05, 3.63) is 30.4 Å². The van der Waals surface area contributed by atoms with Gasteiger partial charge in [0.2, 0.25) is 0 Å². The average Bonchev–Trinajstić information content (AvgIpc) is 2.41. The molecule has 0 unspecified atom stereocenters. The van der Waals surface area contributed by atoms with Gasteiger partial charge in [0.1, 0.15) is 17.4 Å². The zero-order chi connectivity index (χ0) is 15.3. The highest BCUT2D eigenvalue weighted by molar-refractivity contribution is 14.1. The molecule has 4 nitrogen and oxygen atoms in total. The quantitative estimate of drug-likeness (QED) is 0.382. The fourth-order valence-electron chi connectivity index (χ4n) is 1.39. The monoisotopic (exact) mass is 496 g/mol. The van der Waals surface area contributed by atoms with Gasteiger partial charge in [0.15, 0.2) is 0 Å². The van der Waals surface area contributed by atoms with Crippen molar-refractivity contribution in [3.63, 3.8) is 0 Å². The van der Waals surface area contributed by atoms with Gasteiger partial charge in [-0.25, -0.2) is 0 Å². The van der Waals surface area contributed by atoms with Gasteiger partial charge < -0.3 is 10.4 Å². The molecule has 1 amide bonds. The standard InChI is InChI=1S/C14H14I2N2O2/c1-3-8(2)18-14(20)10(7-17)4-9-5-11(15)13(19)12(16)6-9/h4-6,8,19H,3H2,1-2H3,(H,18,20)/b10-4+/t8-/m0/s1. The van der Waals surface area contributed by atoms with Crippen LogP contribution in [0.25, 0.3) is 6.08 Å². The van der Waals surface area contributed by atoms with Crippen LogP contribution in [0.1, 0.15) is 25.8 Å². The fourth-order valence-corrected chi connectivity index (χ4v) is 3.20. The summed E-state index contributed by atoms with van der Waals surface area (Å²) in [5.41, 5.74) is 0.773. The van der Waals surface area contributed by atoms with Gasteiger partial charge >= 0.3 is 0 Å². The molecule has 1 aromatic carbocycles. The van der Waals surface area contributed by atoms with Crippen molar-refractivity contribution in [3.8, 4) is 11.8 Å². The number of phenols is 1. The molecule has 0 saturated heterocycles.